The number of thiazole rings is 1. The molecule has 0 fully saturated rings. The highest BCUT2D eigenvalue weighted by Crippen LogP contribution is 2.43. The molecule has 3 nitrogen and oxygen atoms in total. The van der Waals surface area contributed by atoms with Crippen LogP contribution in [0.1, 0.15) is 15.5 Å². The van der Waals surface area contributed by atoms with Crippen LogP contribution in [0.15, 0.2) is 5.38 Å². The van der Waals surface area contributed by atoms with Crippen molar-refractivity contribution in [3.8, 4) is 0 Å². The molecule has 0 aliphatic heterocycles. The molecule has 9 heteroatoms. The van der Waals surface area contributed by atoms with Crippen LogP contribution in [0.25, 0.3) is 0 Å². The fourth-order valence-corrected chi connectivity index (χ4v) is 1.34. The normalized spacial score (nSPS) is 12.9. The second kappa shape index (κ2) is 3.40. The van der Waals surface area contributed by atoms with Gasteiger partial charge < -0.3 is 5.11 Å². The van der Waals surface area contributed by atoms with E-state index in [1.807, 2.05) is 0 Å². The molecular weight excluding hydrogens is 245 g/mol. The van der Waals surface area contributed by atoms with Gasteiger partial charge in [-0.25, -0.2) is 9.78 Å². The van der Waals surface area contributed by atoms with Crippen molar-refractivity contribution in [2.24, 2.45) is 0 Å². The van der Waals surface area contributed by atoms with Gasteiger partial charge in [0.1, 0.15) is 5.69 Å². The van der Waals surface area contributed by atoms with E-state index in [0.717, 1.165) is 0 Å². The summed E-state index contributed by atoms with van der Waals surface area (Å²) in [5.74, 6) is -6.78. The molecule has 0 amide bonds. The maximum absolute atomic E-state index is 12.6. The van der Waals surface area contributed by atoms with Crippen LogP contribution in [-0.2, 0) is 5.92 Å². The number of aromatic carboxylic acids is 1. The number of alkyl halides is 5. The lowest BCUT2D eigenvalue weighted by Crippen LogP contribution is -2.34. The Hall–Kier alpha value is -1.25. The Labute approximate surface area is 83.2 Å². The van der Waals surface area contributed by atoms with Crippen LogP contribution in [0.5, 0.6) is 0 Å². The Balaban J connectivity index is 3.11. The van der Waals surface area contributed by atoms with Crippen LogP contribution in [0.2, 0.25) is 0 Å². The summed E-state index contributed by atoms with van der Waals surface area (Å²) in [5, 5.41) is 7.85. The first-order valence-electron chi connectivity index (χ1n) is 3.30. The first-order valence-corrected chi connectivity index (χ1v) is 4.18. The molecule has 1 rings (SSSR count). The van der Waals surface area contributed by atoms with Crippen LogP contribution in [-0.4, -0.2) is 22.2 Å². The summed E-state index contributed by atoms with van der Waals surface area (Å²) in [7, 11) is 0. The molecule has 15 heavy (non-hydrogen) atoms. The molecular formula is C6H2F5NO2S. The molecule has 0 aliphatic carbocycles. The van der Waals surface area contributed by atoms with Gasteiger partial charge in [-0.05, 0) is 0 Å². The third kappa shape index (κ3) is 2.06. The Kier molecular flexibility index (Phi) is 2.68. The van der Waals surface area contributed by atoms with E-state index in [9.17, 15) is 26.7 Å². The van der Waals surface area contributed by atoms with Crippen molar-refractivity contribution in [1.82, 2.24) is 4.98 Å². The van der Waals surface area contributed by atoms with Gasteiger partial charge in [-0.1, -0.05) is 0 Å². The lowest BCUT2D eigenvalue weighted by atomic mass is 10.2. The predicted molar refractivity (Wildman–Crippen MR) is 39.0 cm³/mol. The van der Waals surface area contributed by atoms with Gasteiger partial charge in [-0.2, -0.15) is 22.0 Å². The fourth-order valence-electron chi connectivity index (χ4n) is 0.661. The van der Waals surface area contributed by atoms with Crippen LogP contribution < -0.4 is 0 Å². The summed E-state index contributed by atoms with van der Waals surface area (Å²) in [4.78, 5) is 12.9. The molecule has 0 atom stereocenters. The number of rotatable bonds is 2. The summed E-state index contributed by atoms with van der Waals surface area (Å²) >= 11 is 0.210. The minimum Gasteiger partial charge on any atom is -0.476 e. The highest BCUT2D eigenvalue weighted by Gasteiger charge is 2.60. The van der Waals surface area contributed by atoms with Gasteiger partial charge in [0.15, 0.2) is 0 Å². The zero-order chi connectivity index (χ0) is 11.9. The summed E-state index contributed by atoms with van der Waals surface area (Å²) in [6, 6.07) is 0. The summed E-state index contributed by atoms with van der Waals surface area (Å²) < 4.78 is 60.5. The third-order valence-corrected chi connectivity index (χ3v) is 2.20. The molecule has 1 N–H and O–H groups in total. The number of carbonyl (C=O) groups is 1. The molecule has 0 saturated carbocycles. The van der Waals surface area contributed by atoms with Crippen molar-refractivity contribution in [3.63, 3.8) is 0 Å². The van der Waals surface area contributed by atoms with Crippen molar-refractivity contribution >= 4 is 17.3 Å². The molecule has 0 spiro atoms. The Morgan fingerprint density at radius 1 is 1.33 bits per heavy atom. The second-order valence-corrected chi connectivity index (χ2v) is 3.27. The van der Waals surface area contributed by atoms with Gasteiger partial charge in [0.25, 0.3) is 0 Å². The number of hydrogen-bond acceptors (Lipinski definition) is 3. The number of aromatic nitrogens is 1. The number of hydrogen-bond donors (Lipinski definition) is 1. The van der Waals surface area contributed by atoms with Crippen LogP contribution in [0.3, 0.4) is 0 Å². The molecule has 0 radical (unpaired) electrons. The van der Waals surface area contributed by atoms with E-state index in [4.69, 9.17) is 5.11 Å². The Morgan fingerprint density at radius 3 is 2.20 bits per heavy atom. The minimum absolute atomic E-state index is 0.210. The van der Waals surface area contributed by atoms with Crippen molar-refractivity contribution in [2.75, 3.05) is 0 Å². The standard InChI is InChI=1S/C6H2F5NO2S/c7-5(8,6(9,10)11)2-1-15-3(12-2)4(13)14/h1H,(H,13,14). The number of nitrogens with zero attached hydrogens (tertiary/aromatic N) is 1. The third-order valence-electron chi connectivity index (χ3n) is 1.36. The highest BCUT2D eigenvalue weighted by atomic mass is 32.1. The second-order valence-electron chi connectivity index (χ2n) is 2.42. The van der Waals surface area contributed by atoms with Gasteiger partial charge in [-0.3, -0.25) is 0 Å². The van der Waals surface area contributed by atoms with Crippen molar-refractivity contribution in [3.05, 3.63) is 16.1 Å². The molecule has 0 bridgehead atoms. The molecule has 84 valence electrons. The van der Waals surface area contributed by atoms with Gasteiger partial charge in [0.2, 0.25) is 5.01 Å². The molecule has 0 saturated heterocycles. The lowest BCUT2D eigenvalue weighted by molar-refractivity contribution is -0.290. The quantitative estimate of drug-likeness (QED) is 0.817. The fraction of sp³-hybridized carbons (Fsp3) is 0.333. The minimum atomic E-state index is -5.78. The molecule has 0 unspecified atom stereocenters. The monoisotopic (exact) mass is 247 g/mol. The average molecular weight is 247 g/mol. The predicted octanol–water partition coefficient (Wildman–Crippen LogP) is 2.50. The van der Waals surface area contributed by atoms with E-state index in [1.54, 1.807) is 0 Å². The van der Waals surface area contributed by atoms with Gasteiger partial charge in [0.05, 0.1) is 0 Å². The lowest BCUT2D eigenvalue weighted by Gasteiger charge is -2.16. The number of carboxylic acid groups (broad SMARTS) is 1. The van der Waals surface area contributed by atoms with Crippen LogP contribution in [0, 0.1) is 0 Å². The number of carboxylic acids is 1. The van der Waals surface area contributed by atoms with Gasteiger partial charge >= 0.3 is 18.1 Å². The Bertz CT molecular complexity index is 385. The van der Waals surface area contributed by atoms with Crippen LogP contribution >= 0.6 is 11.3 Å². The van der Waals surface area contributed by atoms with E-state index in [1.165, 1.54) is 0 Å². The van der Waals surface area contributed by atoms with Gasteiger partial charge in [-0.15, -0.1) is 11.3 Å². The topological polar surface area (TPSA) is 50.2 Å². The van der Waals surface area contributed by atoms with Gasteiger partial charge in [0, 0.05) is 5.38 Å². The first-order chi connectivity index (χ1) is 6.66. The van der Waals surface area contributed by atoms with Crippen LogP contribution in [0.4, 0.5) is 22.0 Å². The maximum Gasteiger partial charge on any atom is 0.459 e. The van der Waals surface area contributed by atoms with Crippen molar-refractivity contribution in [2.45, 2.75) is 12.1 Å². The largest absolute Gasteiger partial charge is 0.476 e. The zero-order valence-corrected chi connectivity index (χ0v) is 7.49. The maximum atomic E-state index is 12.6. The van der Waals surface area contributed by atoms with E-state index in [-0.39, 0.29) is 11.3 Å². The highest BCUT2D eigenvalue weighted by molar-refractivity contribution is 7.11. The molecule has 0 aromatic carbocycles. The molecule has 1 heterocycles. The summed E-state index contributed by atoms with van der Waals surface area (Å²) in [6.45, 7) is 0. The smallest absolute Gasteiger partial charge is 0.459 e. The number of halogens is 5. The van der Waals surface area contributed by atoms with Crippen molar-refractivity contribution < 1.29 is 31.9 Å². The van der Waals surface area contributed by atoms with E-state index < -0.39 is 28.8 Å². The van der Waals surface area contributed by atoms with E-state index >= 15 is 0 Å². The zero-order valence-electron chi connectivity index (χ0n) is 6.68. The first kappa shape index (κ1) is 11.8. The SMILES string of the molecule is O=C(O)c1nc(C(F)(F)C(F)(F)F)cs1. The Morgan fingerprint density at radius 2 is 1.87 bits per heavy atom. The molecule has 0 aliphatic rings. The average Bonchev–Trinajstić information content (AvgIpc) is 2.49. The van der Waals surface area contributed by atoms with E-state index in [0.29, 0.717) is 5.38 Å². The van der Waals surface area contributed by atoms with Crippen molar-refractivity contribution in [1.29, 1.82) is 0 Å². The summed E-state index contributed by atoms with van der Waals surface area (Å²) in [6.07, 6.45) is -5.78. The molecule has 1 aromatic rings. The molecule has 1 aromatic heterocycles. The van der Waals surface area contributed by atoms with E-state index in [2.05, 4.69) is 4.98 Å². The summed E-state index contributed by atoms with van der Waals surface area (Å²) in [5.41, 5.74) is -1.60.